The molecule has 19 heavy (non-hydrogen) atoms. The van der Waals surface area contributed by atoms with Crippen molar-refractivity contribution in [3.63, 3.8) is 0 Å². The topological polar surface area (TPSA) is 72.0 Å². The summed E-state index contributed by atoms with van der Waals surface area (Å²) in [4.78, 5) is 14.7. The molecule has 0 aliphatic rings. The highest BCUT2D eigenvalue weighted by atomic mass is 16.5. The van der Waals surface area contributed by atoms with Gasteiger partial charge in [0, 0.05) is 23.9 Å². The van der Waals surface area contributed by atoms with E-state index in [0.29, 0.717) is 30.9 Å². The Balaban J connectivity index is 2.01. The molecule has 1 unspecified atom stereocenters. The van der Waals surface area contributed by atoms with Gasteiger partial charge in [-0.2, -0.15) is 0 Å². The van der Waals surface area contributed by atoms with Crippen LogP contribution in [0.2, 0.25) is 0 Å². The lowest BCUT2D eigenvalue weighted by Crippen LogP contribution is -2.14. The van der Waals surface area contributed by atoms with E-state index in [2.05, 4.69) is 11.7 Å². The van der Waals surface area contributed by atoms with E-state index in [-0.39, 0.29) is 0 Å². The molecule has 5 nitrogen and oxygen atoms in total. The van der Waals surface area contributed by atoms with E-state index >= 15 is 0 Å². The number of rotatable bonds is 6. The van der Waals surface area contributed by atoms with Crippen LogP contribution in [0.5, 0.6) is 5.75 Å². The lowest BCUT2D eigenvalue weighted by Gasteiger charge is -2.09. The van der Waals surface area contributed by atoms with Crippen LogP contribution in [0.4, 0.5) is 0 Å². The fraction of sp³-hybridized carbons (Fsp3) is 0.286. The molecule has 0 saturated heterocycles. The third-order valence-corrected chi connectivity index (χ3v) is 2.65. The highest BCUT2D eigenvalue weighted by molar-refractivity contribution is 5.77. The van der Waals surface area contributed by atoms with E-state index in [9.17, 15) is 9.90 Å². The molecule has 2 aromatic rings. The zero-order valence-electron chi connectivity index (χ0n) is 10.4. The summed E-state index contributed by atoms with van der Waals surface area (Å²) in [5, 5.41) is 10.3. The van der Waals surface area contributed by atoms with Crippen LogP contribution in [-0.2, 0) is 0 Å². The van der Waals surface area contributed by atoms with E-state index in [1.54, 1.807) is 18.2 Å². The van der Waals surface area contributed by atoms with Crippen molar-refractivity contribution in [1.82, 2.24) is 0 Å². The second-order valence-electron chi connectivity index (χ2n) is 4.15. The molecule has 0 bridgehead atoms. The molecule has 100 valence electrons. The lowest BCUT2D eigenvalue weighted by atomic mass is 10.2. The summed E-state index contributed by atoms with van der Waals surface area (Å²) in [6.45, 7) is 3.98. The van der Waals surface area contributed by atoms with Crippen LogP contribution in [-0.4, -0.2) is 31.1 Å². The second-order valence-corrected chi connectivity index (χ2v) is 4.15. The van der Waals surface area contributed by atoms with Crippen LogP contribution >= 0.6 is 0 Å². The Hall–Kier alpha value is -2.14. The number of hydrogen-bond donors (Lipinski definition) is 1. The van der Waals surface area contributed by atoms with Crippen LogP contribution in [0.25, 0.3) is 11.0 Å². The Kier molecular flexibility index (Phi) is 4.30. The monoisotopic (exact) mass is 261 g/mol. The molecule has 0 spiro atoms. The van der Waals surface area contributed by atoms with Gasteiger partial charge in [0.25, 0.3) is 0 Å². The first-order chi connectivity index (χ1) is 9.19. The molecule has 0 saturated carbocycles. The van der Waals surface area contributed by atoms with Gasteiger partial charge in [-0.3, -0.25) is 4.99 Å². The second kappa shape index (κ2) is 6.15. The van der Waals surface area contributed by atoms with Gasteiger partial charge >= 0.3 is 5.63 Å². The third-order valence-electron chi connectivity index (χ3n) is 2.65. The van der Waals surface area contributed by atoms with Crippen molar-refractivity contribution < 1.29 is 14.3 Å². The number of nitrogens with zero attached hydrogens (tertiary/aromatic N) is 1. The number of aliphatic hydroxyl groups is 1. The summed E-state index contributed by atoms with van der Waals surface area (Å²) in [5.41, 5.74) is 0.0930. The minimum Gasteiger partial charge on any atom is -0.493 e. The Morgan fingerprint density at radius 3 is 2.95 bits per heavy atom. The molecule has 0 aliphatic carbocycles. The van der Waals surface area contributed by atoms with Gasteiger partial charge in [-0.1, -0.05) is 0 Å². The van der Waals surface area contributed by atoms with E-state index in [1.165, 1.54) is 6.07 Å². The zero-order chi connectivity index (χ0) is 13.7. The first kappa shape index (κ1) is 13.3. The summed E-state index contributed by atoms with van der Waals surface area (Å²) in [7, 11) is 0. The van der Waals surface area contributed by atoms with E-state index in [1.807, 2.05) is 6.07 Å². The fourth-order valence-corrected chi connectivity index (χ4v) is 1.68. The molecule has 2 rings (SSSR count). The number of ether oxygens (including phenoxy) is 1. The Labute approximate surface area is 110 Å². The average Bonchev–Trinajstić information content (AvgIpc) is 2.38. The predicted molar refractivity (Wildman–Crippen MR) is 73.0 cm³/mol. The fourth-order valence-electron chi connectivity index (χ4n) is 1.68. The van der Waals surface area contributed by atoms with Gasteiger partial charge in [-0.25, -0.2) is 4.79 Å². The third kappa shape index (κ3) is 3.66. The Morgan fingerprint density at radius 1 is 1.37 bits per heavy atom. The Bertz CT molecular complexity index is 620. The van der Waals surface area contributed by atoms with Crippen molar-refractivity contribution >= 4 is 17.7 Å². The SMILES string of the molecule is C=NCC(O)CCOc1ccc2ccc(=O)oc2c1. The van der Waals surface area contributed by atoms with Crippen LogP contribution < -0.4 is 10.4 Å². The summed E-state index contributed by atoms with van der Waals surface area (Å²) >= 11 is 0. The van der Waals surface area contributed by atoms with Gasteiger partial charge in [0.05, 0.1) is 19.3 Å². The van der Waals surface area contributed by atoms with Crippen LogP contribution in [0.1, 0.15) is 6.42 Å². The first-order valence-electron chi connectivity index (χ1n) is 5.96. The molecule has 0 aliphatic heterocycles. The maximum atomic E-state index is 11.1. The van der Waals surface area contributed by atoms with E-state index in [4.69, 9.17) is 9.15 Å². The molecule has 0 amide bonds. The predicted octanol–water partition coefficient (Wildman–Crippen LogP) is 1.62. The minimum atomic E-state index is -0.545. The number of benzene rings is 1. The highest BCUT2D eigenvalue weighted by Gasteiger charge is 2.04. The van der Waals surface area contributed by atoms with Gasteiger partial charge < -0.3 is 14.3 Å². The molecule has 0 radical (unpaired) electrons. The smallest absolute Gasteiger partial charge is 0.336 e. The quantitative estimate of drug-likeness (QED) is 0.633. The molecule has 1 atom stereocenters. The zero-order valence-corrected chi connectivity index (χ0v) is 10.4. The van der Waals surface area contributed by atoms with E-state index < -0.39 is 11.7 Å². The van der Waals surface area contributed by atoms with Crippen molar-refractivity contribution in [2.45, 2.75) is 12.5 Å². The molecule has 1 heterocycles. The summed E-state index contributed by atoms with van der Waals surface area (Å²) in [6, 6.07) is 8.34. The van der Waals surface area contributed by atoms with Crippen molar-refractivity contribution in [2.24, 2.45) is 4.99 Å². The van der Waals surface area contributed by atoms with Crippen LogP contribution in [0, 0.1) is 0 Å². The highest BCUT2D eigenvalue weighted by Crippen LogP contribution is 2.19. The van der Waals surface area contributed by atoms with Gasteiger partial charge in [-0.05, 0) is 24.9 Å². The summed E-state index contributed by atoms with van der Waals surface area (Å²) in [5.74, 6) is 0.598. The van der Waals surface area contributed by atoms with Crippen LogP contribution in [0.15, 0.2) is 44.5 Å². The summed E-state index contributed by atoms with van der Waals surface area (Å²) in [6.07, 6.45) is -0.0774. The molecule has 1 aromatic carbocycles. The first-order valence-corrected chi connectivity index (χ1v) is 5.96. The molecular formula is C14H15NO4. The number of fused-ring (bicyclic) bond motifs is 1. The molecular weight excluding hydrogens is 246 g/mol. The molecule has 0 fully saturated rings. The summed E-state index contributed by atoms with van der Waals surface area (Å²) < 4.78 is 10.5. The van der Waals surface area contributed by atoms with Crippen molar-refractivity contribution in [3.8, 4) is 5.75 Å². The normalized spacial score (nSPS) is 12.3. The lowest BCUT2D eigenvalue weighted by molar-refractivity contribution is 0.147. The van der Waals surface area contributed by atoms with Gasteiger partial charge in [0.1, 0.15) is 11.3 Å². The van der Waals surface area contributed by atoms with Gasteiger partial charge in [0.2, 0.25) is 0 Å². The number of aliphatic hydroxyl groups excluding tert-OH is 1. The van der Waals surface area contributed by atoms with Gasteiger partial charge in [0.15, 0.2) is 0 Å². The molecule has 5 heteroatoms. The van der Waals surface area contributed by atoms with Crippen molar-refractivity contribution in [3.05, 3.63) is 40.8 Å². The maximum Gasteiger partial charge on any atom is 0.336 e. The number of hydrogen-bond acceptors (Lipinski definition) is 5. The van der Waals surface area contributed by atoms with Crippen molar-refractivity contribution in [1.29, 1.82) is 0 Å². The van der Waals surface area contributed by atoms with Crippen LogP contribution in [0.3, 0.4) is 0 Å². The van der Waals surface area contributed by atoms with Gasteiger partial charge in [-0.15, -0.1) is 0 Å². The Morgan fingerprint density at radius 2 is 2.16 bits per heavy atom. The molecule has 1 aromatic heterocycles. The van der Waals surface area contributed by atoms with Crippen molar-refractivity contribution in [2.75, 3.05) is 13.2 Å². The maximum absolute atomic E-state index is 11.1. The minimum absolute atomic E-state index is 0.302. The standard InChI is InChI=1S/C14H15NO4/c1-15-9-11(16)6-7-18-12-4-2-10-3-5-14(17)19-13(10)8-12/h2-5,8,11,16H,1,6-7,9H2. The number of aliphatic imine (C=N–C) groups is 1. The largest absolute Gasteiger partial charge is 0.493 e. The van der Waals surface area contributed by atoms with E-state index in [0.717, 1.165) is 5.39 Å². The average molecular weight is 261 g/mol. The molecule has 1 N–H and O–H groups in total.